The van der Waals surface area contributed by atoms with Crippen LogP contribution in [0, 0.1) is 0 Å². The Bertz CT molecular complexity index is 333. The van der Waals surface area contributed by atoms with Gasteiger partial charge in [0.25, 0.3) is 0 Å². The maximum atomic E-state index is 5.57. The first-order chi connectivity index (χ1) is 8.79. The third-order valence-electron chi connectivity index (χ3n) is 2.74. The average molecular weight is 316 g/mol. The van der Waals surface area contributed by atoms with Gasteiger partial charge in [-0.15, -0.1) is 0 Å². The number of methoxy groups -OCH3 is 1. The summed E-state index contributed by atoms with van der Waals surface area (Å²) in [5.74, 6) is 0.359. The van der Waals surface area contributed by atoms with Crippen molar-refractivity contribution in [2.75, 3.05) is 40.0 Å². The van der Waals surface area contributed by atoms with Gasteiger partial charge in [-0.25, -0.2) is 0 Å². The van der Waals surface area contributed by atoms with Crippen molar-refractivity contribution in [2.45, 2.75) is 12.8 Å². The van der Waals surface area contributed by atoms with E-state index in [1.807, 2.05) is 13.0 Å². The van der Waals surface area contributed by atoms with Gasteiger partial charge in [-0.2, -0.15) is 0 Å². The summed E-state index contributed by atoms with van der Waals surface area (Å²) in [5, 5.41) is 3.40. The molecule has 0 saturated carbocycles. The first kappa shape index (κ1) is 15.6. The number of benzene rings is 1. The molecule has 0 aliphatic carbocycles. The van der Waals surface area contributed by atoms with Crippen LogP contribution < -0.4 is 5.32 Å². The molecule has 1 aromatic carbocycles. The Balaban J connectivity index is 2.57. The molecule has 0 bridgehead atoms. The summed E-state index contributed by atoms with van der Waals surface area (Å²) in [6.07, 6.45) is 0. The molecule has 0 amide bonds. The fourth-order valence-corrected chi connectivity index (χ4v) is 2.38. The topological polar surface area (TPSA) is 30.5 Å². The molecule has 0 radical (unpaired) electrons. The highest BCUT2D eigenvalue weighted by Gasteiger charge is 2.13. The van der Waals surface area contributed by atoms with E-state index in [4.69, 9.17) is 9.47 Å². The Kier molecular flexibility index (Phi) is 8.25. The standard InChI is InChI=1S/C14H22BrNO2/c1-3-18-11-12(10-16-8-9-17-2)13-6-4-5-7-14(13)15/h4-7,12,16H,3,8-11H2,1-2H3. The molecule has 1 atom stereocenters. The van der Waals surface area contributed by atoms with E-state index < -0.39 is 0 Å². The highest BCUT2D eigenvalue weighted by Crippen LogP contribution is 2.24. The molecule has 0 saturated heterocycles. The van der Waals surface area contributed by atoms with Crippen LogP contribution in [0.15, 0.2) is 28.7 Å². The Morgan fingerprint density at radius 3 is 2.78 bits per heavy atom. The summed E-state index contributed by atoms with van der Waals surface area (Å²) in [5.41, 5.74) is 1.29. The zero-order valence-corrected chi connectivity index (χ0v) is 12.7. The Hall–Kier alpha value is -0.420. The number of ether oxygens (including phenoxy) is 2. The Labute approximate surface area is 118 Å². The zero-order valence-electron chi connectivity index (χ0n) is 11.1. The van der Waals surface area contributed by atoms with Crippen molar-refractivity contribution in [3.8, 4) is 0 Å². The van der Waals surface area contributed by atoms with Crippen LogP contribution >= 0.6 is 15.9 Å². The van der Waals surface area contributed by atoms with E-state index in [0.29, 0.717) is 5.92 Å². The molecule has 1 aromatic rings. The van der Waals surface area contributed by atoms with Crippen molar-refractivity contribution < 1.29 is 9.47 Å². The fraction of sp³-hybridized carbons (Fsp3) is 0.571. The van der Waals surface area contributed by atoms with E-state index >= 15 is 0 Å². The third kappa shape index (κ3) is 5.48. The van der Waals surface area contributed by atoms with Crippen LogP contribution in [0.25, 0.3) is 0 Å². The molecule has 1 N–H and O–H groups in total. The van der Waals surface area contributed by atoms with E-state index in [1.54, 1.807) is 7.11 Å². The lowest BCUT2D eigenvalue weighted by molar-refractivity contribution is 0.130. The SMILES string of the molecule is CCOCC(CNCCOC)c1ccccc1Br. The van der Waals surface area contributed by atoms with Crippen molar-refractivity contribution in [3.63, 3.8) is 0 Å². The molecular weight excluding hydrogens is 294 g/mol. The van der Waals surface area contributed by atoms with Crippen LogP contribution in [0.1, 0.15) is 18.4 Å². The second kappa shape index (κ2) is 9.50. The van der Waals surface area contributed by atoms with Crippen molar-refractivity contribution in [3.05, 3.63) is 34.3 Å². The second-order valence-electron chi connectivity index (χ2n) is 4.07. The molecule has 0 aliphatic heterocycles. The van der Waals surface area contributed by atoms with Crippen LogP contribution in [0.4, 0.5) is 0 Å². The first-order valence-corrected chi connectivity index (χ1v) is 7.10. The predicted molar refractivity (Wildman–Crippen MR) is 78.1 cm³/mol. The van der Waals surface area contributed by atoms with Crippen LogP contribution in [-0.4, -0.2) is 40.0 Å². The molecule has 1 unspecified atom stereocenters. The molecule has 0 aliphatic rings. The minimum atomic E-state index is 0.359. The van der Waals surface area contributed by atoms with Gasteiger partial charge in [0.05, 0.1) is 13.2 Å². The quantitative estimate of drug-likeness (QED) is 0.711. The lowest BCUT2D eigenvalue weighted by atomic mass is 10.00. The number of halogens is 1. The summed E-state index contributed by atoms with van der Waals surface area (Å²) < 4.78 is 11.7. The van der Waals surface area contributed by atoms with Gasteiger partial charge in [-0.05, 0) is 18.6 Å². The largest absolute Gasteiger partial charge is 0.383 e. The zero-order chi connectivity index (χ0) is 13.2. The first-order valence-electron chi connectivity index (χ1n) is 6.31. The Morgan fingerprint density at radius 1 is 1.33 bits per heavy atom. The van der Waals surface area contributed by atoms with E-state index in [-0.39, 0.29) is 0 Å². The van der Waals surface area contributed by atoms with E-state index in [0.717, 1.165) is 37.4 Å². The number of nitrogens with one attached hydrogen (secondary N) is 1. The smallest absolute Gasteiger partial charge is 0.0587 e. The highest BCUT2D eigenvalue weighted by molar-refractivity contribution is 9.10. The molecule has 102 valence electrons. The highest BCUT2D eigenvalue weighted by atomic mass is 79.9. The summed E-state index contributed by atoms with van der Waals surface area (Å²) in [7, 11) is 1.72. The number of hydrogen-bond donors (Lipinski definition) is 1. The molecule has 3 nitrogen and oxygen atoms in total. The summed E-state index contributed by atoms with van der Waals surface area (Å²) >= 11 is 3.60. The van der Waals surface area contributed by atoms with Crippen molar-refractivity contribution >= 4 is 15.9 Å². The van der Waals surface area contributed by atoms with Crippen molar-refractivity contribution in [2.24, 2.45) is 0 Å². The van der Waals surface area contributed by atoms with E-state index in [1.165, 1.54) is 5.56 Å². The monoisotopic (exact) mass is 315 g/mol. The van der Waals surface area contributed by atoms with E-state index in [9.17, 15) is 0 Å². The number of rotatable bonds is 9. The van der Waals surface area contributed by atoms with Gasteiger partial charge in [-0.3, -0.25) is 0 Å². The summed E-state index contributed by atoms with van der Waals surface area (Å²) in [6, 6.07) is 8.31. The van der Waals surface area contributed by atoms with Gasteiger partial charge in [0.15, 0.2) is 0 Å². The summed E-state index contributed by atoms with van der Waals surface area (Å²) in [6.45, 7) is 6.00. The maximum absolute atomic E-state index is 5.57. The predicted octanol–water partition coefficient (Wildman–Crippen LogP) is 2.81. The molecule has 0 fully saturated rings. The third-order valence-corrected chi connectivity index (χ3v) is 3.46. The van der Waals surface area contributed by atoms with Gasteiger partial charge in [0, 0.05) is 37.2 Å². The molecule has 18 heavy (non-hydrogen) atoms. The van der Waals surface area contributed by atoms with Gasteiger partial charge >= 0.3 is 0 Å². The molecule has 0 aromatic heterocycles. The van der Waals surface area contributed by atoms with Gasteiger partial charge in [0.1, 0.15) is 0 Å². The van der Waals surface area contributed by atoms with Crippen LogP contribution in [0.5, 0.6) is 0 Å². The maximum Gasteiger partial charge on any atom is 0.0587 e. The lowest BCUT2D eigenvalue weighted by Gasteiger charge is -2.19. The van der Waals surface area contributed by atoms with Crippen LogP contribution in [0.2, 0.25) is 0 Å². The number of hydrogen-bond acceptors (Lipinski definition) is 3. The van der Waals surface area contributed by atoms with Crippen molar-refractivity contribution in [1.82, 2.24) is 5.32 Å². The minimum Gasteiger partial charge on any atom is -0.383 e. The van der Waals surface area contributed by atoms with Crippen LogP contribution in [-0.2, 0) is 9.47 Å². The molecular formula is C14H22BrNO2. The van der Waals surface area contributed by atoms with Gasteiger partial charge in [0.2, 0.25) is 0 Å². The molecule has 1 rings (SSSR count). The van der Waals surface area contributed by atoms with Gasteiger partial charge in [-0.1, -0.05) is 34.1 Å². The molecule has 4 heteroatoms. The average Bonchev–Trinajstić information content (AvgIpc) is 2.39. The second-order valence-corrected chi connectivity index (χ2v) is 4.93. The fourth-order valence-electron chi connectivity index (χ4n) is 1.78. The lowest BCUT2D eigenvalue weighted by Crippen LogP contribution is -2.27. The van der Waals surface area contributed by atoms with E-state index in [2.05, 4.69) is 39.4 Å². The van der Waals surface area contributed by atoms with Crippen molar-refractivity contribution in [1.29, 1.82) is 0 Å². The molecule has 0 spiro atoms. The minimum absolute atomic E-state index is 0.359. The van der Waals surface area contributed by atoms with Gasteiger partial charge < -0.3 is 14.8 Å². The Morgan fingerprint density at radius 2 is 2.11 bits per heavy atom. The normalized spacial score (nSPS) is 12.6. The van der Waals surface area contributed by atoms with Crippen LogP contribution in [0.3, 0.4) is 0 Å². The molecule has 0 heterocycles. The summed E-state index contributed by atoms with van der Waals surface area (Å²) in [4.78, 5) is 0.